The van der Waals surface area contributed by atoms with E-state index in [9.17, 15) is 19.2 Å². The first-order chi connectivity index (χ1) is 15.1. The highest BCUT2D eigenvalue weighted by Crippen LogP contribution is 2.05. The number of rotatable bonds is 13. The van der Waals surface area contributed by atoms with Crippen LogP contribution < -0.4 is 33.2 Å². The molecule has 0 saturated heterocycles. The summed E-state index contributed by atoms with van der Waals surface area (Å²) in [7, 11) is 0. The smallest absolute Gasteiger partial charge is 0.322 e. The van der Waals surface area contributed by atoms with E-state index in [1.807, 2.05) is 6.07 Å². The Morgan fingerprint density at radius 2 is 1.69 bits per heavy atom. The Bertz CT molecular complexity index is 812. The Morgan fingerprint density at radius 1 is 1.03 bits per heavy atom. The summed E-state index contributed by atoms with van der Waals surface area (Å²) in [4.78, 5) is 51.7. The zero-order valence-electron chi connectivity index (χ0n) is 17.9. The van der Waals surface area contributed by atoms with E-state index in [0.29, 0.717) is 19.4 Å². The average Bonchev–Trinajstić information content (AvgIpc) is 2.74. The van der Waals surface area contributed by atoms with Crippen LogP contribution in [0.4, 0.5) is 0 Å². The molecule has 1 rings (SSSR count). The second-order valence-corrected chi connectivity index (χ2v) is 7.15. The summed E-state index contributed by atoms with van der Waals surface area (Å²) in [6.45, 7) is 1.16. The van der Waals surface area contributed by atoms with Gasteiger partial charge in [0, 0.05) is 13.0 Å². The number of guanidine groups is 1. The highest BCUT2D eigenvalue weighted by Gasteiger charge is 2.26. The second kappa shape index (κ2) is 13.6. The van der Waals surface area contributed by atoms with Crippen LogP contribution in [0.25, 0.3) is 0 Å². The monoisotopic (exact) mass is 449 g/mol. The van der Waals surface area contributed by atoms with Gasteiger partial charge >= 0.3 is 5.97 Å². The number of aliphatic imine (C=N–C) groups is 1. The maximum atomic E-state index is 12.8. The summed E-state index contributed by atoms with van der Waals surface area (Å²) in [5, 5.41) is 15.9. The van der Waals surface area contributed by atoms with Gasteiger partial charge in [0.05, 0.1) is 6.04 Å². The van der Waals surface area contributed by atoms with Gasteiger partial charge in [-0.2, -0.15) is 0 Å². The van der Waals surface area contributed by atoms with E-state index in [1.165, 1.54) is 6.92 Å². The molecule has 176 valence electrons. The molecule has 12 nitrogen and oxygen atoms in total. The van der Waals surface area contributed by atoms with Crippen LogP contribution in [0.2, 0.25) is 0 Å². The number of nitrogens with one attached hydrogen (secondary N) is 3. The predicted octanol–water partition coefficient (Wildman–Crippen LogP) is -2.20. The van der Waals surface area contributed by atoms with Crippen LogP contribution in [0.3, 0.4) is 0 Å². The summed E-state index contributed by atoms with van der Waals surface area (Å²) < 4.78 is 0. The summed E-state index contributed by atoms with van der Waals surface area (Å²) in [5.41, 5.74) is 17.2. The lowest BCUT2D eigenvalue weighted by molar-refractivity contribution is -0.138. The molecule has 0 aliphatic rings. The first kappa shape index (κ1) is 26.4. The zero-order valence-corrected chi connectivity index (χ0v) is 17.9. The van der Waals surface area contributed by atoms with Crippen molar-refractivity contribution in [1.29, 1.82) is 0 Å². The van der Waals surface area contributed by atoms with E-state index >= 15 is 0 Å². The Hall–Kier alpha value is -3.67. The van der Waals surface area contributed by atoms with E-state index in [0.717, 1.165) is 5.56 Å². The molecule has 3 unspecified atom stereocenters. The maximum absolute atomic E-state index is 12.8. The van der Waals surface area contributed by atoms with Gasteiger partial charge in [0.2, 0.25) is 17.7 Å². The molecule has 0 saturated carbocycles. The number of carboxylic acids is 1. The molecule has 0 heterocycles. The molecule has 0 aromatic heterocycles. The number of amides is 3. The quantitative estimate of drug-likeness (QED) is 0.0993. The fraction of sp³-hybridized carbons (Fsp3) is 0.450. The van der Waals surface area contributed by atoms with Gasteiger partial charge in [0.15, 0.2) is 5.96 Å². The fourth-order valence-electron chi connectivity index (χ4n) is 2.68. The normalized spacial score (nSPS) is 13.2. The Kier molecular flexibility index (Phi) is 11.2. The van der Waals surface area contributed by atoms with Crippen LogP contribution in [0.5, 0.6) is 0 Å². The van der Waals surface area contributed by atoms with Crippen LogP contribution in [0, 0.1) is 0 Å². The van der Waals surface area contributed by atoms with Crippen molar-refractivity contribution in [3.8, 4) is 0 Å². The molecular formula is C20H31N7O5. The van der Waals surface area contributed by atoms with Crippen LogP contribution in [-0.4, -0.2) is 66.0 Å². The molecule has 10 N–H and O–H groups in total. The SMILES string of the molecule is CC(NC(=O)C(Cc1ccccc1)NC(=O)C(N)CCCN=C(N)N)C(=O)NCC(=O)O. The Labute approximate surface area is 186 Å². The molecule has 0 aliphatic heterocycles. The molecule has 0 spiro atoms. The van der Waals surface area contributed by atoms with E-state index < -0.39 is 48.4 Å². The Morgan fingerprint density at radius 3 is 2.28 bits per heavy atom. The summed E-state index contributed by atoms with van der Waals surface area (Å²) >= 11 is 0. The summed E-state index contributed by atoms with van der Waals surface area (Å²) in [6, 6.07) is 6.11. The minimum Gasteiger partial charge on any atom is -0.480 e. The first-order valence-electron chi connectivity index (χ1n) is 10.0. The first-order valence-corrected chi connectivity index (χ1v) is 10.0. The maximum Gasteiger partial charge on any atom is 0.322 e. The van der Waals surface area contributed by atoms with Gasteiger partial charge in [-0.1, -0.05) is 30.3 Å². The Balaban J connectivity index is 2.78. The topological polar surface area (TPSA) is 215 Å². The number of nitrogens with two attached hydrogens (primary N) is 3. The van der Waals surface area contributed by atoms with Crippen molar-refractivity contribution in [2.75, 3.05) is 13.1 Å². The number of nitrogens with zero attached hydrogens (tertiary/aromatic N) is 1. The van der Waals surface area contributed by atoms with Gasteiger partial charge in [-0.15, -0.1) is 0 Å². The molecule has 12 heteroatoms. The van der Waals surface area contributed by atoms with Gasteiger partial charge in [-0.05, 0) is 25.3 Å². The molecule has 1 aromatic carbocycles. The van der Waals surface area contributed by atoms with Gasteiger partial charge < -0.3 is 38.3 Å². The molecule has 3 atom stereocenters. The average molecular weight is 450 g/mol. The lowest BCUT2D eigenvalue weighted by Gasteiger charge is -2.22. The van der Waals surface area contributed by atoms with Crippen molar-refractivity contribution in [2.45, 2.75) is 44.3 Å². The molecule has 0 bridgehead atoms. The van der Waals surface area contributed by atoms with Crippen LogP contribution in [0.1, 0.15) is 25.3 Å². The van der Waals surface area contributed by atoms with Crippen molar-refractivity contribution >= 4 is 29.7 Å². The molecule has 1 aromatic rings. The fourth-order valence-corrected chi connectivity index (χ4v) is 2.68. The predicted molar refractivity (Wildman–Crippen MR) is 118 cm³/mol. The van der Waals surface area contributed by atoms with Crippen LogP contribution in [-0.2, 0) is 25.6 Å². The van der Waals surface area contributed by atoms with Crippen LogP contribution in [0.15, 0.2) is 35.3 Å². The lowest BCUT2D eigenvalue weighted by atomic mass is 10.0. The minimum atomic E-state index is -1.21. The highest BCUT2D eigenvalue weighted by molar-refractivity contribution is 5.93. The van der Waals surface area contributed by atoms with Crippen LogP contribution >= 0.6 is 0 Å². The van der Waals surface area contributed by atoms with E-state index in [-0.39, 0.29) is 12.4 Å². The van der Waals surface area contributed by atoms with Crippen molar-refractivity contribution in [3.63, 3.8) is 0 Å². The standard InChI is InChI=1S/C20H31N7O5/c1-12(17(30)25-11-16(28)29)26-19(32)15(10-13-6-3-2-4-7-13)27-18(31)14(21)8-5-9-24-20(22)23/h2-4,6-7,12,14-15H,5,8-11,21H2,1H3,(H,25,30)(H,26,32)(H,27,31)(H,28,29)(H4,22,23,24). The third-order valence-corrected chi connectivity index (χ3v) is 4.39. The molecule has 3 amide bonds. The van der Waals surface area contributed by atoms with Crippen molar-refractivity contribution in [2.24, 2.45) is 22.2 Å². The van der Waals surface area contributed by atoms with E-state index in [2.05, 4.69) is 20.9 Å². The lowest BCUT2D eigenvalue weighted by Crippen LogP contribution is -2.56. The van der Waals surface area contributed by atoms with Crippen molar-refractivity contribution in [1.82, 2.24) is 16.0 Å². The summed E-state index contributed by atoms with van der Waals surface area (Å²) in [5.74, 6) is -3.06. The van der Waals surface area contributed by atoms with Gasteiger partial charge in [0.1, 0.15) is 18.6 Å². The number of carboxylic acid groups (broad SMARTS) is 1. The minimum absolute atomic E-state index is 0.0517. The largest absolute Gasteiger partial charge is 0.480 e. The number of benzene rings is 1. The number of hydrogen-bond donors (Lipinski definition) is 7. The molecule has 0 fully saturated rings. The number of aliphatic carboxylic acids is 1. The van der Waals surface area contributed by atoms with Crippen molar-refractivity contribution in [3.05, 3.63) is 35.9 Å². The van der Waals surface area contributed by atoms with Gasteiger partial charge in [0.25, 0.3) is 0 Å². The summed E-state index contributed by atoms with van der Waals surface area (Å²) in [6.07, 6.45) is 0.946. The third kappa shape index (κ3) is 10.4. The molecular weight excluding hydrogens is 418 g/mol. The van der Waals surface area contributed by atoms with Gasteiger partial charge in [-0.3, -0.25) is 24.2 Å². The zero-order chi connectivity index (χ0) is 24.1. The number of hydrogen-bond acceptors (Lipinski definition) is 6. The third-order valence-electron chi connectivity index (χ3n) is 4.39. The van der Waals surface area contributed by atoms with Crippen molar-refractivity contribution < 1.29 is 24.3 Å². The number of carbonyl (C=O) groups excluding carboxylic acids is 3. The highest BCUT2D eigenvalue weighted by atomic mass is 16.4. The number of carbonyl (C=O) groups is 4. The molecule has 32 heavy (non-hydrogen) atoms. The second-order valence-electron chi connectivity index (χ2n) is 7.15. The van der Waals surface area contributed by atoms with Gasteiger partial charge in [-0.25, -0.2) is 0 Å². The molecule has 0 radical (unpaired) electrons. The molecule has 0 aliphatic carbocycles. The van der Waals surface area contributed by atoms with E-state index in [4.69, 9.17) is 22.3 Å². The van der Waals surface area contributed by atoms with E-state index in [1.54, 1.807) is 24.3 Å².